The number of hydrogen-bond acceptors (Lipinski definition) is 4. The molecule has 2 rings (SSSR count). The number of nitrogens with two attached hydrogens (primary N) is 1. The van der Waals surface area contributed by atoms with Gasteiger partial charge in [0.15, 0.2) is 0 Å². The van der Waals surface area contributed by atoms with Gasteiger partial charge in [0.1, 0.15) is 0 Å². The molecule has 4 nitrogen and oxygen atoms in total. The fraction of sp³-hybridized carbons (Fsp3) is 0.538. The number of hydrogen-bond donors (Lipinski definition) is 2. The summed E-state index contributed by atoms with van der Waals surface area (Å²) < 4.78 is 0. The summed E-state index contributed by atoms with van der Waals surface area (Å²) in [6.07, 6.45) is 1.05. The number of benzene rings is 1. The molecule has 0 bridgehead atoms. The van der Waals surface area contributed by atoms with Gasteiger partial charge >= 0.3 is 0 Å². The van der Waals surface area contributed by atoms with E-state index >= 15 is 0 Å². The highest BCUT2D eigenvalue weighted by atomic mass is 15.5. The Balaban J connectivity index is 1.67. The Morgan fingerprint density at radius 3 is 2.41 bits per heavy atom. The van der Waals surface area contributed by atoms with E-state index < -0.39 is 0 Å². The first-order valence-corrected chi connectivity index (χ1v) is 6.25. The van der Waals surface area contributed by atoms with Crippen LogP contribution in [0.15, 0.2) is 24.3 Å². The zero-order valence-electron chi connectivity index (χ0n) is 10.5. The molecule has 1 saturated heterocycles. The van der Waals surface area contributed by atoms with Crippen LogP contribution >= 0.6 is 0 Å². The smallest absolute Gasteiger partial charge is 0.0314 e. The second-order valence-corrected chi connectivity index (χ2v) is 4.69. The van der Waals surface area contributed by atoms with Gasteiger partial charge in [-0.1, -0.05) is 12.1 Å². The third-order valence-corrected chi connectivity index (χ3v) is 3.23. The zero-order chi connectivity index (χ0) is 12.1. The van der Waals surface area contributed by atoms with Crippen molar-refractivity contribution in [2.75, 3.05) is 45.5 Å². The number of piperazine rings is 1. The molecule has 0 aromatic heterocycles. The largest absolute Gasteiger partial charge is 0.399 e. The Morgan fingerprint density at radius 2 is 1.76 bits per heavy atom. The molecule has 94 valence electrons. The van der Waals surface area contributed by atoms with E-state index in [-0.39, 0.29) is 0 Å². The lowest BCUT2D eigenvalue weighted by molar-refractivity contribution is 0.105. The molecule has 0 unspecified atom stereocenters. The third-order valence-electron chi connectivity index (χ3n) is 3.23. The number of likely N-dealkylation sites (N-methyl/N-ethyl adjacent to an activating group) is 1. The fourth-order valence-corrected chi connectivity index (χ4v) is 2.01. The Bertz CT molecular complexity index is 328. The lowest BCUT2D eigenvalue weighted by Crippen LogP contribution is -2.51. The van der Waals surface area contributed by atoms with Gasteiger partial charge in [0.05, 0.1) is 0 Å². The van der Waals surface area contributed by atoms with E-state index in [1.165, 1.54) is 5.56 Å². The molecule has 1 aromatic rings. The highest BCUT2D eigenvalue weighted by Gasteiger charge is 2.12. The van der Waals surface area contributed by atoms with Crippen molar-refractivity contribution in [3.63, 3.8) is 0 Å². The number of rotatable bonds is 4. The van der Waals surface area contributed by atoms with Gasteiger partial charge < -0.3 is 10.6 Å². The molecule has 3 N–H and O–H groups in total. The number of nitrogens with zero attached hydrogens (tertiary/aromatic N) is 2. The number of nitrogen functional groups attached to an aromatic ring is 1. The summed E-state index contributed by atoms with van der Waals surface area (Å²) in [4.78, 5) is 2.36. The Hall–Kier alpha value is -1.10. The minimum absolute atomic E-state index is 0.834. The summed E-state index contributed by atoms with van der Waals surface area (Å²) in [5, 5.41) is 2.32. The average Bonchev–Trinajstić information content (AvgIpc) is 2.34. The predicted octanol–water partition coefficient (Wildman–Crippen LogP) is 0.563. The fourth-order valence-electron chi connectivity index (χ4n) is 2.01. The molecular weight excluding hydrogens is 212 g/mol. The summed E-state index contributed by atoms with van der Waals surface area (Å²) in [6, 6.07) is 8.12. The Labute approximate surface area is 103 Å². The van der Waals surface area contributed by atoms with E-state index in [9.17, 15) is 0 Å². The maximum absolute atomic E-state index is 5.66. The van der Waals surface area contributed by atoms with Crippen LogP contribution in [0, 0.1) is 0 Å². The molecule has 0 aliphatic carbocycles. The molecule has 1 aromatic carbocycles. The van der Waals surface area contributed by atoms with Crippen molar-refractivity contribution in [1.82, 2.24) is 15.3 Å². The summed E-state index contributed by atoms with van der Waals surface area (Å²) in [6.45, 7) is 5.51. The van der Waals surface area contributed by atoms with Crippen molar-refractivity contribution < 1.29 is 0 Å². The molecule has 1 fully saturated rings. The Morgan fingerprint density at radius 1 is 1.12 bits per heavy atom. The van der Waals surface area contributed by atoms with E-state index in [1.807, 2.05) is 12.1 Å². The topological polar surface area (TPSA) is 44.5 Å². The molecule has 0 saturated carbocycles. The van der Waals surface area contributed by atoms with Crippen LogP contribution in [0.2, 0.25) is 0 Å². The molecule has 1 aliphatic rings. The molecule has 0 spiro atoms. The standard InChI is InChI=1S/C13H22N4/c1-16-8-10-17(11-9-16)15-7-6-12-2-4-13(14)5-3-12/h2-5,15H,6-11,14H2,1H3. The van der Waals surface area contributed by atoms with Crippen LogP contribution < -0.4 is 11.2 Å². The SMILES string of the molecule is CN1CCN(NCCc2ccc(N)cc2)CC1. The zero-order valence-corrected chi connectivity index (χ0v) is 10.5. The van der Waals surface area contributed by atoms with Crippen molar-refractivity contribution in [1.29, 1.82) is 0 Å². The van der Waals surface area contributed by atoms with Gasteiger partial charge in [-0.2, -0.15) is 0 Å². The van der Waals surface area contributed by atoms with E-state index in [1.54, 1.807) is 0 Å². The van der Waals surface area contributed by atoms with Crippen LogP contribution in [0.5, 0.6) is 0 Å². The van der Waals surface area contributed by atoms with Crippen molar-refractivity contribution in [2.24, 2.45) is 0 Å². The van der Waals surface area contributed by atoms with E-state index in [2.05, 4.69) is 34.5 Å². The maximum Gasteiger partial charge on any atom is 0.0314 e. The summed E-state index contributed by atoms with van der Waals surface area (Å²) in [5.74, 6) is 0. The van der Waals surface area contributed by atoms with Crippen LogP contribution in [0.1, 0.15) is 5.56 Å². The van der Waals surface area contributed by atoms with Gasteiger partial charge in [0, 0.05) is 38.4 Å². The van der Waals surface area contributed by atoms with Crippen molar-refractivity contribution >= 4 is 5.69 Å². The number of nitrogens with one attached hydrogen (secondary N) is 1. The highest BCUT2D eigenvalue weighted by molar-refractivity contribution is 5.39. The van der Waals surface area contributed by atoms with Crippen molar-refractivity contribution in [3.8, 4) is 0 Å². The monoisotopic (exact) mass is 234 g/mol. The molecule has 0 amide bonds. The first-order chi connectivity index (χ1) is 8.24. The summed E-state index contributed by atoms with van der Waals surface area (Å²) in [5.41, 5.74) is 11.3. The molecular formula is C13H22N4. The lowest BCUT2D eigenvalue weighted by Gasteiger charge is -2.32. The number of hydrazine groups is 1. The van der Waals surface area contributed by atoms with Crippen LogP contribution in [0.25, 0.3) is 0 Å². The van der Waals surface area contributed by atoms with Crippen LogP contribution in [0.3, 0.4) is 0 Å². The second-order valence-electron chi connectivity index (χ2n) is 4.69. The second kappa shape index (κ2) is 6.00. The van der Waals surface area contributed by atoms with Gasteiger partial charge in [-0.05, 0) is 31.2 Å². The molecule has 1 aliphatic heterocycles. The molecule has 17 heavy (non-hydrogen) atoms. The van der Waals surface area contributed by atoms with Crippen LogP contribution in [-0.4, -0.2) is 49.7 Å². The maximum atomic E-state index is 5.66. The van der Waals surface area contributed by atoms with Crippen LogP contribution in [-0.2, 0) is 6.42 Å². The molecule has 4 heteroatoms. The van der Waals surface area contributed by atoms with E-state index in [0.29, 0.717) is 0 Å². The van der Waals surface area contributed by atoms with Gasteiger partial charge in [-0.15, -0.1) is 0 Å². The Kier molecular flexibility index (Phi) is 4.36. The normalized spacial score (nSPS) is 18.4. The molecule has 1 heterocycles. The predicted molar refractivity (Wildman–Crippen MR) is 71.6 cm³/mol. The van der Waals surface area contributed by atoms with E-state index in [0.717, 1.165) is 44.8 Å². The van der Waals surface area contributed by atoms with Crippen LogP contribution in [0.4, 0.5) is 5.69 Å². The molecule has 0 atom stereocenters. The minimum Gasteiger partial charge on any atom is -0.399 e. The minimum atomic E-state index is 0.834. The van der Waals surface area contributed by atoms with Gasteiger partial charge in [0.25, 0.3) is 0 Å². The summed E-state index contributed by atoms with van der Waals surface area (Å²) >= 11 is 0. The van der Waals surface area contributed by atoms with Crippen molar-refractivity contribution in [3.05, 3.63) is 29.8 Å². The van der Waals surface area contributed by atoms with Gasteiger partial charge in [-0.25, -0.2) is 5.01 Å². The lowest BCUT2D eigenvalue weighted by atomic mass is 10.1. The quantitative estimate of drug-likeness (QED) is 0.747. The van der Waals surface area contributed by atoms with E-state index in [4.69, 9.17) is 5.73 Å². The average molecular weight is 234 g/mol. The van der Waals surface area contributed by atoms with Gasteiger partial charge in [-0.3, -0.25) is 5.43 Å². The summed E-state index contributed by atoms with van der Waals surface area (Å²) in [7, 11) is 2.17. The third kappa shape index (κ3) is 4.00. The molecule has 0 radical (unpaired) electrons. The van der Waals surface area contributed by atoms with Crippen molar-refractivity contribution in [2.45, 2.75) is 6.42 Å². The van der Waals surface area contributed by atoms with Gasteiger partial charge in [0.2, 0.25) is 0 Å². The first kappa shape index (κ1) is 12.4. The first-order valence-electron chi connectivity index (χ1n) is 6.25. The highest BCUT2D eigenvalue weighted by Crippen LogP contribution is 2.05. The number of anilines is 1.